The Hall–Kier alpha value is -1.96. The monoisotopic (exact) mass is 331 g/mol. The van der Waals surface area contributed by atoms with E-state index in [9.17, 15) is 0 Å². The van der Waals surface area contributed by atoms with Crippen molar-refractivity contribution >= 4 is 0 Å². The van der Waals surface area contributed by atoms with Gasteiger partial charge in [-0.05, 0) is 24.6 Å². The van der Waals surface area contributed by atoms with Crippen LogP contribution in [0.15, 0.2) is 28.8 Å². The van der Waals surface area contributed by atoms with Gasteiger partial charge in [-0.1, -0.05) is 17.3 Å². The van der Waals surface area contributed by atoms with Gasteiger partial charge in [-0.3, -0.25) is 9.80 Å². The van der Waals surface area contributed by atoms with Crippen LogP contribution in [-0.2, 0) is 13.1 Å². The fourth-order valence-corrected chi connectivity index (χ4v) is 3.06. The van der Waals surface area contributed by atoms with Gasteiger partial charge >= 0.3 is 0 Å². The van der Waals surface area contributed by atoms with Gasteiger partial charge < -0.3 is 15.0 Å². The lowest BCUT2D eigenvalue weighted by Gasteiger charge is -2.37. The van der Waals surface area contributed by atoms with E-state index in [-0.39, 0.29) is 0 Å². The molecule has 2 aromatic rings. The number of hydrogen-bond acceptors (Lipinski definition) is 7. The van der Waals surface area contributed by atoms with E-state index in [0.717, 1.165) is 31.9 Å². The SMILES string of the molecule is COc1cccc(C(C)N2CCN(Cc3noc(CN)n3)CC2)c1. The lowest BCUT2D eigenvalue weighted by atomic mass is 10.1. The van der Waals surface area contributed by atoms with Gasteiger partial charge in [0.05, 0.1) is 20.2 Å². The van der Waals surface area contributed by atoms with Crippen molar-refractivity contribution < 1.29 is 9.26 Å². The summed E-state index contributed by atoms with van der Waals surface area (Å²) in [5, 5.41) is 3.97. The van der Waals surface area contributed by atoms with Crippen LogP contribution in [0.1, 0.15) is 30.2 Å². The standard InChI is InChI=1S/C17H25N5O2/c1-13(14-4-3-5-15(10-14)23-2)22-8-6-21(7-9-22)12-16-19-17(11-18)24-20-16/h3-5,10,13H,6-9,11-12,18H2,1-2H3. The second kappa shape index (κ2) is 7.74. The van der Waals surface area contributed by atoms with E-state index in [4.69, 9.17) is 15.0 Å². The Morgan fingerprint density at radius 2 is 2.08 bits per heavy atom. The minimum Gasteiger partial charge on any atom is -0.497 e. The summed E-state index contributed by atoms with van der Waals surface area (Å²) in [4.78, 5) is 9.11. The van der Waals surface area contributed by atoms with E-state index in [1.807, 2.05) is 12.1 Å². The number of nitrogens with zero attached hydrogens (tertiary/aromatic N) is 4. The molecule has 0 amide bonds. The van der Waals surface area contributed by atoms with Gasteiger partial charge in [-0.25, -0.2) is 0 Å². The van der Waals surface area contributed by atoms with Crippen LogP contribution in [0.2, 0.25) is 0 Å². The van der Waals surface area contributed by atoms with E-state index in [2.05, 4.69) is 39.0 Å². The van der Waals surface area contributed by atoms with Crippen LogP contribution in [0.25, 0.3) is 0 Å². The molecule has 1 aromatic carbocycles. The third-order valence-corrected chi connectivity index (χ3v) is 4.58. The van der Waals surface area contributed by atoms with E-state index in [1.54, 1.807) is 7.11 Å². The first-order valence-electron chi connectivity index (χ1n) is 8.31. The third-order valence-electron chi connectivity index (χ3n) is 4.58. The van der Waals surface area contributed by atoms with Gasteiger partial charge in [0.2, 0.25) is 5.89 Å². The predicted molar refractivity (Wildman–Crippen MR) is 90.4 cm³/mol. The average molecular weight is 331 g/mol. The number of piperazine rings is 1. The largest absolute Gasteiger partial charge is 0.497 e. The van der Waals surface area contributed by atoms with Crippen molar-refractivity contribution in [3.05, 3.63) is 41.5 Å². The van der Waals surface area contributed by atoms with E-state index >= 15 is 0 Å². The van der Waals surface area contributed by atoms with Gasteiger partial charge in [-0.15, -0.1) is 0 Å². The molecule has 0 aliphatic carbocycles. The molecule has 1 atom stereocenters. The van der Waals surface area contributed by atoms with E-state index < -0.39 is 0 Å². The molecule has 7 heteroatoms. The minimum absolute atomic E-state index is 0.291. The Balaban J connectivity index is 1.54. The highest BCUT2D eigenvalue weighted by atomic mass is 16.5. The van der Waals surface area contributed by atoms with Crippen molar-refractivity contribution in [2.24, 2.45) is 5.73 Å². The minimum atomic E-state index is 0.291. The second-order valence-corrected chi connectivity index (χ2v) is 6.07. The molecule has 3 rings (SSSR count). The summed E-state index contributed by atoms with van der Waals surface area (Å²) in [6.45, 7) is 7.25. The second-order valence-electron chi connectivity index (χ2n) is 6.07. The Morgan fingerprint density at radius 1 is 1.29 bits per heavy atom. The average Bonchev–Trinajstić information content (AvgIpc) is 3.09. The molecule has 1 aliphatic heterocycles. The summed E-state index contributed by atoms with van der Waals surface area (Å²) in [7, 11) is 1.70. The number of methoxy groups -OCH3 is 1. The molecule has 7 nitrogen and oxygen atoms in total. The van der Waals surface area contributed by atoms with Gasteiger partial charge in [0.15, 0.2) is 5.82 Å². The van der Waals surface area contributed by atoms with E-state index in [1.165, 1.54) is 5.56 Å². The molecule has 0 saturated carbocycles. The molecule has 2 heterocycles. The van der Waals surface area contributed by atoms with Crippen LogP contribution < -0.4 is 10.5 Å². The third kappa shape index (κ3) is 3.92. The topological polar surface area (TPSA) is 80.7 Å². The maximum Gasteiger partial charge on any atom is 0.240 e. The van der Waals surface area contributed by atoms with Crippen molar-refractivity contribution in [2.45, 2.75) is 26.1 Å². The highest BCUT2D eigenvalue weighted by molar-refractivity contribution is 5.30. The van der Waals surface area contributed by atoms with Gasteiger partial charge in [0.25, 0.3) is 0 Å². The highest BCUT2D eigenvalue weighted by Gasteiger charge is 2.23. The number of hydrogen-bond donors (Lipinski definition) is 1. The molecule has 1 aromatic heterocycles. The van der Waals surface area contributed by atoms with Crippen LogP contribution in [0.5, 0.6) is 5.75 Å². The Morgan fingerprint density at radius 3 is 2.75 bits per heavy atom. The number of rotatable bonds is 6. The first-order chi connectivity index (χ1) is 11.7. The van der Waals surface area contributed by atoms with E-state index in [0.29, 0.717) is 30.8 Å². The quantitative estimate of drug-likeness (QED) is 0.857. The van der Waals surface area contributed by atoms with Crippen molar-refractivity contribution in [3.63, 3.8) is 0 Å². The van der Waals surface area contributed by atoms with Crippen molar-refractivity contribution in [1.29, 1.82) is 0 Å². The fraction of sp³-hybridized carbons (Fsp3) is 0.529. The molecular formula is C17H25N5O2. The zero-order valence-corrected chi connectivity index (χ0v) is 14.3. The number of ether oxygens (including phenoxy) is 1. The summed E-state index contributed by atoms with van der Waals surface area (Å²) in [6, 6.07) is 8.68. The molecule has 2 N–H and O–H groups in total. The maximum absolute atomic E-state index is 5.50. The Bertz CT molecular complexity index is 652. The molecule has 1 saturated heterocycles. The molecule has 1 unspecified atom stereocenters. The lowest BCUT2D eigenvalue weighted by Crippen LogP contribution is -2.46. The summed E-state index contributed by atoms with van der Waals surface area (Å²) >= 11 is 0. The van der Waals surface area contributed by atoms with Crippen molar-refractivity contribution in [1.82, 2.24) is 19.9 Å². The van der Waals surface area contributed by atoms with Crippen LogP contribution >= 0.6 is 0 Å². The van der Waals surface area contributed by atoms with Crippen molar-refractivity contribution in [3.8, 4) is 5.75 Å². The van der Waals surface area contributed by atoms with Gasteiger partial charge in [-0.2, -0.15) is 4.98 Å². The normalized spacial score (nSPS) is 17.8. The number of nitrogens with two attached hydrogens (primary N) is 1. The lowest BCUT2D eigenvalue weighted by molar-refractivity contribution is 0.0955. The van der Waals surface area contributed by atoms with Gasteiger partial charge in [0.1, 0.15) is 5.75 Å². The fourth-order valence-electron chi connectivity index (χ4n) is 3.06. The number of aromatic nitrogens is 2. The first-order valence-corrected chi connectivity index (χ1v) is 8.31. The van der Waals surface area contributed by atoms with Crippen LogP contribution in [-0.4, -0.2) is 53.2 Å². The molecule has 0 spiro atoms. The van der Waals surface area contributed by atoms with Crippen LogP contribution in [0.4, 0.5) is 0 Å². The molecule has 1 aliphatic rings. The Kier molecular flexibility index (Phi) is 5.44. The molecule has 24 heavy (non-hydrogen) atoms. The molecule has 0 bridgehead atoms. The van der Waals surface area contributed by atoms with Crippen LogP contribution in [0, 0.1) is 0 Å². The summed E-state index contributed by atoms with van der Waals surface area (Å²) in [6.07, 6.45) is 0. The maximum atomic E-state index is 5.50. The van der Waals surface area contributed by atoms with Crippen molar-refractivity contribution in [2.75, 3.05) is 33.3 Å². The zero-order chi connectivity index (χ0) is 16.9. The number of benzene rings is 1. The summed E-state index contributed by atoms with van der Waals surface area (Å²) in [5.74, 6) is 2.12. The zero-order valence-electron chi connectivity index (χ0n) is 14.3. The first kappa shape index (κ1) is 16.9. The summed E-state index contributed by atoms with van der Waals surface area (Å²) in [5.41, 5.74) is 6.78. The molecular weight excluding hydrogens is 306 g/mol. The van der Waals surface area contributed by atoms with Crippen LogP contribution in [0.3, 0.4) is 0 Å². The summed E-state index contributed by atoms with van der Waals surface area (Å²) < 4.78 is 10.4. The molecule has 0 radical (unpaired) electrons. The smallest absolute Gasteiger partial charge is 0.240 e. The van der Waals surface area contributed by atoms with Gasteiger partial charge in [0, 0.05) is 32.2 Å². The Labute approximate surface area is 142 Å². The molecule has 130 valence electrons. The molecule has 1 fully saturated rings. The highest BCUT2D eigenvalue weighted by Crippen LogP contribution is 2.25. The predicted octanol–water partition coefficient (Wildman–Crippen LogP) is 1.42.